The number of carbonyl (C=O) groups excluding carboxylic acids is 2. The van der Waals surface area contributed by atoms with Gasteiger partial charge in [-0.15, -0.1) is 0 Å². The van der Waals surface area contributed by atoms with Crippen LogP contribution in [0.2, 0.25) is 0 Å². The zero-order valence-electron chi connectivity index (χ0n) is 32.0. The molecule has 12 nitrogen and oxygen atoms in total. The van der Waals surface area contributed by atoms with Crippen molar-refractivity contribution in [3.8, 4) is 0 Å². The van der Waals surface area contributed by atoms with Crippen LogP contribution >= 0.6 is 0 Å². The molecule has 4 rings (SSSR count). The van der Waals surface area contributed by atoms with Gasteiger partial charge < -0.3 is 19.7 Å². The maximum absolute atomic E-state index is 12.4. The number of nitrogens with zero attached hydrogens (tertiary/aromatic N) is 3. The number of carbonyl (C=O) groups is 2. The van der Waals surface area contributed by atoms with E-state index in [0.717, 1.165) is 51.0 Å². The lowest BCUT2D eigenvalue weighted by Gasteiger charge is -2.28. The van der Waals surface area contributed by atoms with E-state index in [1.807, 2.05) is 80.8 Å². The predicted molar refractivity (Wildman–Crippen MR) is 209 cm³/mol. The third-order valence-electron chi connectivity index (χ3n) is 9.71. The van der Waals surface area contributed by atoms with Gasteiger partial charge >= 0.3 is 11.9 Å². The lowest BCUT2D eigenvalue weighted by molar-refractivity contribution is -0.589. The number of allylic oxidation sites excluding steroid dienone is 7. The van der Waals surface area contributed by atoms with E-state index in [2.05, 4.69) is 37.5 Å². The summed E-state index contributed by atoms with van der Waals surface area (Å²) >= 11 is 0. The summed E-state index contributed by atoms with van der Waals surface area (Å²) in [6, 6.07) is 15.3. The fraction of sp³-hybridized carbons (Fsp3) is 0.333. The maximum Gasteiger partial charge on any atom is 0.310 e. The molecule has 3 aromatic carbocycles. The molecule has 0 amide bonds. The first kappa shape index (κ1) is 40.9. The molecule has 3 aromatic rings. The molecule has 284 valence electrons. The number of hydrogen-bond acceptors (Lipinski definition) is 9. The molecule has 0 saturated carbocycles. The molecule has 12 heteroatoms. The minimum Gasteiger partial charge on any atom is -0.466 e. The Labute approximate surface area is 316 Å². The molecule has 0 fully saturated rings. The molecule has 0 aliphatic carbocycles. The summed E-state index contributed by atoms with van der Waals surface area (Å²) in [5.74, 6) is -0.597. The Bertz CT molecular complexity index is 2010. The summed E-state index contributed by atoms with van der Waals surface area (Å²) in [6.07, 6.45) is 10.1. The van der Waals surface area contributed by atoms with Gasteiger partial charge in [-0.1, -0.05) is 76.8 Å². The van der Waals surface area contributed by atoms with Crippen LogP contribution in [0, 0.1) is 20.2 Å². The Hall–Kier alpha value is -5.88. The molecule has 0 atom stereocenters. The first-order chi connectivity index (χ1) is 25.5. The second kappa shape index (κ2) is 17.3. The summed E-state index contributed by atoms with van der Waals surface area (Å²) in [4.78, 5) is 48.3. The van der Waals surface area contributed by atoms with Gasteiger partial charge in [0.2, 0.25) is 0 Å². The normalized spacial score (nSPS) is 14.4. The van der Waals surface area contributed by atoms with Crippen molar-refractivity contribution in [2.24, 2.45) is 0 Å². The van der Waals surface area contributed by atoms with Gasteiger partial charge in [0.05, 0.1) is 42.0 Å². The summed E-state index contributed by atoms with van der Waals surface area (Å²) in [6.45, 7) is 17.1. The number of ether oxygens (including phenoxy) is 2. The molecular formula is C42H49N4O8+. The van der Waals surface area contributed by atoms with Gasteiger partial charge in [0.1, 0.15) is 12.2 Å². The number of quaternary nitrogens is 1. The Morgan fingerprint density at radius 1 is 0.852 bits per heavy atom. The standard InChI is InChI=1S/C42H48N4O8/c1-9-53-39(47)24-29-16-18-36(43-27-31-20-32(45(49)50)26-33(21-31)46(51)52)34(22-29)41(4,5)28(3)14-12-11-13-15-38-42(6,7)35-23-30(25-40(48)54-10-2)17-19-37(35)44(38)8/h11-23,26,43H,3,9-10,24-25,27H2,1-2,4-8H3/p+1. The van der Waals surface area contributed by atoms with Crippen LogP contribution in [-0.2, 0) is 49.3 Å². The average molecular weight is 738 g/mol. The highest BCUT2D eigenvalue weighted by molar-refractivity contribution is 5.76. The average Bonchev–Trinajstić information content (AvgIpc) is 3.30. The van der Waals surface area contributed by atoms with Crippen LogP contribution in [0.5, 0.6) is 0 Å². The quantitative estimate of drug-likeness (QED) is 0.0521. The van der Waals surface area contributed by atoms with E-state index in [4.69, 9.17) is 9.47 Å². The minimum atomic E-state index is -0.645. The van der Waals surface area contributed by atoms with Crippen molar-refractivity contribution in [2.45, 2.75) is 71.8 Å². The number of fused-ring (bicyclic) bond motifs is 1. The second-order valence-corrected chi connectivity index (χ2v) is 14.1. The van der Waals surface area contributed by atoms with Crippen LogP contribution in [0.25, 0.3) is 0 Å². The number of non-ortho nitro benzene ring substituents is 2. The number of benzene rings is 3. The van der Waals surface area contributed by atoms with Crippen molar-refractivity contribution < 1.29 is 34.2 Å². The Balaban J connectivity index is 1.57. The number of likely N-dealkylation sites (N-methyl/N-ethyl adjacent to an activating group) is 1. The monoisotopic (exact) mass is 737 g/mol. The number of nitrogens with two attached hydrogens (primary N) is 1. The van der Waals surface area contributed by atoms with Crippen LogP contribution in [0.3, 0.4) is 0 Å². The van der Waals surface area contributed by atoms with E-state index in [1.54, 1.807) is 13.8 Å². The van der Waals surface area contributed by atoms with Crippen LogP contribution < -0.4 is 10.2 Å². The summed E-state index contributed by atoms with van der Waals surface area (Å²) in [5, 5.41) is 24.8. The van der Waals surface area contributed by atoms with E-state index in [-0.39, 0.29) is 54.7 Å². The highest BCUT2D eigenvalue weighted by atomic mass is 16.6. The first-order valence-corrected chi connectivity index (χ1v) is 17.8. The van der Waals surface area contributed by atoms with E-state index >= 15 is 0 Å². The van der Waals surface area contributed by atoms with E-state index in [1.165, 1.54) is 12.1 Å². The molecular weight excluding hydrogens is 688 g/mol. The summed E-state index contributed by atoms with van der Waals surface area (Å²) in [5.41, 5.74) is 6.21. The Kier molecular flexibility index (Phi) is 13.1. The number of esters is 2. The van der Waals surface area contributed by atoms with Crippen LogP contribution in [0.4, 0.5) is 22.7 Å². The molecule has 0 aromatic heterocycles. The minimum absolute atomic E-state index is 0.0787. The molecule has 0 saturated heterocycles. The first-order valence-electron chi connectivity index (χ1n) is 17.8. The summed E-state index contributed by atoms with van der Waals surface area (Å²) < 4.78 is 10.3. The number of nitro benzene ring substituents is 2. The maximum atomic E-state index is 12.4. The van der Waals surface area contributed by atoms with Gasteiger partial charge in [0.25, 0.3) is 11.4 Å². The van der Waals surface area contributed by atoms with E-state index in [0.29, 0.717) is 12.2 Å². The highest BCUT2D eigenvalue weighted by Gasteiger charge is 2.38. The van der Waals surface area contributed by atoms with Crippen molar-refractivity contribution >= 4 is 34.7 Å². The second-order valence-electron chi connectivity index (χ2n) is 14.1. The SMILES string of the molecule is C=C(C=CC=CC=C1N(C)c2ccc(CC(=O)OCC)cc2C1(C)C)C(C)(C)c1cc(CC(=O)OCC)ccc1[NH2+]Cc1cc([N+](=O)[O-])cc([N+](=O)[O-])c1. The molecule has 0 spiro atoms. The van der Waals surface area contributed by atoms with Crippen molar-refractivity contribution in [1.82, 2.24) is 0 Å². The van der Waals surface area contributed by atoms with Crippen molar-refractivity contribution in [3.63, 3.8) is 0 Å². The lowest BCUT2D eigenvalue weighted by atomic mass is 9.76. The van der Waals surface area contributed by atoms with Gasteiger partial charge in [0, 0.05) is 52.5 Å². The summed E-state index contributed by atoms with van der Waals surface area (Å²) in [7, 11) is 2.03. The predicted octanol–water partition coefficient (Wildman–Crippen LogP) is 7.37. The number of anilines is 1. The Morgan fingerprint density at radius 3 is 2.00 bits per heavy atom. The molecule has 0 unspecified atom stereocenters. The number of hydrogen-bond donors (Lipinski definition) is 1. The molecule has 2 N–H and O–H groups in total. The molecule has 1 aliphatic heterocycles. The smallest absolute Gasteiger partial charge is 0.310 e. The van der Waals surface area contributed by atoms with Gasteiger partial charge in [-0.25, -0.2) is 0 Å². The molecule has 1 aliphatic rings. The van der Waals surface area contributed by atoms with Crippen molar-refractivity contribution in [1.29, 1.82) is 0 Å². The van der Waals surface area contributed by atoms with Crippen LogP contribution in [0.15, 0.2) is 103 Å². The van der Waals surface area contributed by atoms with Crippen LogP contribution in [-0.4, -0.2) is 42.0 Å². The third kappa shape index (κ3) is 9.56. The highest BCUT2D eigenvalue weighted by Crippen LogP contribution is 2.47. The molecule has 0 bridgehead atoms. The topological polar surface area (TPSA) is 159 Å². The van der Waals surface area contributed by atoms with Crippen LogP contribution in [0.1, 0.15) is 69.4 Å². The van der Waals surface area contributed by atoms with Crippen molar-refractivity contribution in [2.75, 3.05) is 25.2 Å². The number of rotatable bonds is 16. The van der Waals surface area contributed by atoms with E-state index in [9.17, 15) is 29.8 Å². The molecule has 0 radical (unpaired) electrons. The van der Waals surface area contributed by atoms with Crippen molar-refractivity contribution in [3.05, 3.63) is 151 Å². The zero-order chi connectivity index (χ0) is 39.8. The number of nitro groups is 2. The third-order valence-corrected chi connectivity index (χ3v) is 9.71. The molecule has 54 heavy (non-hydrogen) atoms. The lowest BCUT2D eigenvalue weighted by Crippen LogP contribution is -2.76. The fourth-order valence-electron chi connectivity index (χ4n) is 6.66. The Morgan fingerprint density at radius 2 is 1.43 bits per heavy atom. The zero-order valence-corrected chi connectivity index (χ0v) is 32.0. The fourth-order valence-corrected chi connectivity index (χ4v) is 6.66. The van der Waals surface area contributed by atoms with Gasteiger partial charge in [0.15, 0.2) is 0 Å². The molecule has 1 heterocycles. The van der Waals surface area contributed by atoms with E-state index < -0.39 is 15.3 Å². The largest absolute Gasteiger partial charge is 0.466 e. The van der Waals surface area contributed by atoms with Gasteiger partial charge in [-0.2, -0.15) is 0 Å². The van der Waals surface area contributed by atoms with Gasteiger partial charge in [-0.3, -0.25) is 29.8 Å². The van der Waals surface area contributed by atoms with Gasteiger partial charge in [-0.05, 0) is 60.4 Å².